The second kappa shape index (κ2) is 7.53. The number of aryl methyl sites for hydroxylation is 1. The summed E-state index contributed by atoms with van der Waals surface area (Å²) in [5.74, 6) is -0.630. The minimum Gasteiger partial charge on any atom is -0.547 e. The van der Waals surface area contributed by atoms with Gasteiger partial charge in [0.2, 0.25) is 0 Å². The molecule has 0 aliphatic carbocycles. The summed E-state index contributed by atoms with van der Waals surface area (Å²) < 4.78 is 0. The molecule has 1 heterocycles. The van der Waals surface area contributed by atoms with Crippen molar-refractivity contribution in [3.63, 3.8) is 0 Å². The van der Waals surface area contributed by atoms with Gasteiger partial charge in [-0.1, -0.05) is 0 Å². The number of carbonyl (C=O) groups is 1. The maximum absolute atomic E-state index is 9.66. The summed E-state index contributed by atoms with van der Waals surface area (Å²) in [5, 5.41) is 18.1. The van der Waals surface area contributed by atoms with Gasteiger partial charge in [-0.05, 0) is 26.8 Å². The zero-order valence-corrected chi connectivity index (χ0v) is 10.2. The molecule has 0 aromatic carbocycles. The summed E-state index contributed by atoms with van der Waals surface area (Å²) in [5.41, 5.74) is -1.69. The smallest absolute Gasteiger partial charge is 0.547 e. The minimum atomic E-state index is -1.69. The number of carboxylic acid groups (broad SMARTS) is 1. The Hall–Kier alpha value is -0.750. The molecule has 0 atom stereocenters. The van der Waals surface area contributed by atoms with Crippen LogP contribution in [0.1, 0.15) is 19.7 Å². The van der Waals surface area contributed by atoms with Gasteiger partial charge in [0.05, 0.1) is 11.6 Å². The molecule has 0 saturated carbocycles. The minimum absolute atomic E-state index is 0. The maximum Gasteiger partial charge on any atom is 1.00 e. The van der Waals surface area contributed by atoms with Gasteiger partial charge in [0.1, 0.15) is 5.82 Å². The number of hydrogen-bond acceptors (Lipinski definition) is 5. The average Bonchev–Trinajstić information content (AvgIpc) is 2.04. The zero-order valence-electron chi connectivity index (χ0n) is 8.69. The third kappa shape index (κ3) is 9.55. The molecule has 1 rings (SSSR count). The predicted octanol–water partition coefficient (Wildman–Crippen LogP) is -0.710. The molecule has 6 heteroatoms. The number of hydrogen-bond donors (Lipinski definition) is 1. The predicted molar refractivity (Wildman–Crippen MR) is 48.1 cm³/mol. The summed E-state index contributed by atoms with van der Waals surface area (Å²) in [6.45, 7) is 4.17. The molecule has 0 aliphatic rings. The quantitative estimate of drug-likeness (QED) is 0.693. The largest absolute Gasteiger partial charge is 1.00 e. The van der Waals surface area contributed by atoms with Gasteiger partial charge >= 0.3 is 22.4 Å². The van der Waals surface area contributed by atoms with E-state index in [0.29, 0.717) is 0 Å². The number of aliphatic hydroxyl groups is 1. The van der Waals surface area contributed by atoms with Gasteiger partial charge in [0.25, 0.3) is 0 Å². The Morgan fingerprint density at radius 2 is 1.73 bits per heavy atom. The van der Waals surface area contributed by atoms with E-state index >= 15 is 0 Å². The first-order chi connectivity index (χ1) is 6.34. The van der Waals surface area contributed by atoms with Crippen LogP contribution in [-0.4, -0.2) is 26.6 Å². The van der Waals surface area contributed by atoms with Crippen molar-refractivity contribution in [3.8, 4) is 0 Å². The van der Waals surface area contributed by atoms with Crippen LogP contribution in [0.2, 0.25) is 0 Å². The van der Waals surface area contributed by atoms with E-state index in [4.69, 9.17) is 5.11 Å². The molecule has 1 aromatic heterocycles. The molecule has 0 aliphatic heterocycles. The van der Waals surface area contributed by atoms with Crippen molar-refractivity contribution in [3.05, 3.63) is 24.3 Å². The molecular formula is C9H13AgN2O3. The number of aromatic nitrogens is 2. The molecule has 0 unspecified atom stereocenters. The molecular weight excluding hydrogens is 292 g/mol. The number of aliphatic carboxylic acids is 1. The van der Waals surface area contributed by atoms with Crippen LogP contribution in [0, 0.1) is 6.92 Å². The van der Waals surface area contributed by atoms with E-state index in [2.05, 4.69) is 9.97 Å². The molecule has 0 bridgehead atoms. The van der Waals surface area contributed by atoms with E-state index in [0.717, 1.165) is 19.7 Å². The number of nitrogens with zero attached hydrogens (tertiary/aromatic N) is 2. The fourth-order valence-corrected chi connectivity index (χ4v) is 0.374. The second-order valence-corrected chi connectivity index (χ2v) is 3.14. The van der Waals surface area contributed by atoms with Crippen molar-refractivity contribution >= 4 is 5.97 Å². The van der Waals surface area contributed by atoms with E-state index in [1.54, 1.807) is 18.5 Å². The van der Waals surface area contributed by atoms with E-state index in [-0.39, 0.29) is 22.4 Å². The second-order valence-electron chi connectivity index (χ2n) is 3.14. The molecule has 0 amide bonds. The summed E-state index contributed by atoms with van der Waals surface area (Å²) in [6.07, 6.45) is 3.45. The Labute approximate surface area is 104 Å². The van der Waals surface area contributed by atoms with Gasteiger partial charge in [-0.3, -0.25) is 0 Å². The van der Waals surface area contributed by atoms with Gasteiger partial charge in [0, 0.05) is 12.4 Å². The number of carbonyl (C=O) groups excluding carboxylic acids is 1. The molecule has 1 N–H and O–H groups in total. The van der Waals surface area contributed by atoms with Crippen molar-refractivity contribution in [1.82, 2.24) is 9.97 Å². The SMILES string of the molecule is CC(C)(O)C(=O)[O-].Cc1ncccn1.[Ag+]. The van der Waals surface area contributed by atoms with Gasteiger partial charge in [0.15, 0.2) is 0 Å². The van der Waals surface area contributed by atoms with Crippen LogP contribution in [0.15, 0.2) is 18.5 Å². The van der Waals surface area contributed by atoms with Gasteiger partial charge in [-0.25, -0.2) is 9.97 Å². The van der Waals surface area contributed by atoms with Crippen molar-refractivity contribution in [2.24, 2.45) is 0 Å². The van der Waals surface area contributed by atoms with Gasteiger partial charge in [-0.15, -0.1) is 0 Å². The Bertz CT molecular complexity index is 285. The molecule has 0 spiro atoms. The maximum atomic E-state index is 9.66. The number of rotatable bonds is 1. The van der Waals surface area contributed by atoms with Crippen LogP contribution < -0.4 is 5.11 Å². The standard InChI is InChI=1S/C5H6N2.C4H8O3.Ag/c1-5-6-3-2-4-7-5;1-4(2,7)3(5)6;/h2-4H,1H3;7H,1-2H3,(H,5,6);/q;;+1/p-1. The van der Waals surface area contributed by atoms with Crippen LogP contribution in [0.5, 0.6) is 0 Å². The third-order valence-electron chi connectivity index (χ3n) is 1.19. The number of carboxylic acids is 1. The monoisotopic (exact) mass is 304 g/mol. The van der Waals surface area contributed by atoms with E-state index in [1.165, 1.54) is 0 Å². The Kier molecular flexibility index (Phi) is 8.37. The van der Waals surface area contributed by atoms with Crippen molar-refractivity contribution in [2.75, 3.05) is 0 Å². The van der Waals surface area contributed by atoms with E-state index in [1.807, 2.05) is 6.92 Å². The topological polar surface area (TPSA) is 86.1 Å². The first kappa shape index (κ1) is 16.7. The first-order valence-corrected chi connectivity index (χ1v) is 4.01. The van der Waals surface area contributed by atoms with Crippen LogP contribution in [-0.2, 0) is 27.2 Å². The molecule has 15 heavy (non-hydrogen) atoms. The van der Waals surface area contributed by atoms with Crippen LogP contribution in [0.3, 0.4) is 0 Å². The van der Waals surface area contributed by atoms with E-state index < -0.39 is 11.6 Å². The normalized spacial score (nSPS) is 9.33. The fraction of sp³-hybridized carbons (Fsp3) is 0.444. The molecule has 0 radical (unpaired) electrons. The van der Waals surface area contributed by atoms with E-state index in [9.17, 15) is 9.90 Å². The Morgan fingerprint density at radius 1 is 1.40 bits per heavy atom. The first-order valence-electron chi connectivity index (χ1n) is 4.01. The molecule has 88 valence electrons. The van der Waals surface area contributed by atoms with Gasteiger partial charge < -0.3 is 15.0 Å². The van der Waals surface area contributed by atoms with Crippen molar-refractivity contribution in [2.45, 2.75) is 26.4 Å². The molecule has 0 saturated heterocycles. The average molecular weight is 305 g/mol. The molecule has 0 fully saturated rings. The van der Waals surface area contributed by atoms with Crippen LogP contribution >= 0.6 is 0 Å². The van der Waals surface area contributed by atoms with Gasteiger partial charge in [-0.2, -0.15) is 0 Å². The van der Waals surface area contributed by atoms with Crippen molar-refractivity contribution in [1.29, 1.82) is 0 Å². The van der Waals surface area contributed by atoms with Crippen LogP contribution in [0.4, 0.5) is 0 Å². The molecule has 5 nitrogen and oxygen atoms in total. The summed E-state index contributed by atoms with van der Waals surface area (Å²) >= 11 is 0. The van der Waals surface area contributed by atoms with Crippen LogP contribution in [0.25, 0.3) is 0 Å². The van der Waals surface area contributed by atoms with Crippen molar-refractivity contribution < 1.29 is 37.4 Å². The summed E-state index contributed by atoms with van der Waals surface area (Å²) in [4.78, 5) is 17.4. The summed E-state index contributed by atoms with van der Waals surface area (Å²) in [7, 11) is 0. The third-order valence-corrected chi connectivity index (χ3v) is 1.19. The summed E-state index contributed by atoms with van der Waals surface area (Å²) in [6, 6.07) is 1.80. The molecule has 1 aromatic rings. The fourth-order valence-electron chi connectivity index (χ4n) is 0.374. The zero-order chi connectivity index (χ0) is 11.2. The Morgan fingerprint density at radius 3 is 1.87 bits per heavy atom. The Balaban J connectivity index is 0.